The van der Waals surface area contributed by atoms with Crippen molar-refractivity contribution in [3.05, 3.63) is 37.7 Å². The average Bonchev–Trinajstić information content (AvgIpc) is 2.13. The van der Waals surface area contributed by atoms with Gasteiger partial charge in [0.1, 0.15) is 0 Å². The third kappa shape index (κ3) is 2.83. The van der Waals surface area contributed by atoms with Gasteiger partial charge in [-0.1, -0.05) is 17.7 Å². The van der Waals surface area contributed by atoms with Gasteiger partial charge in [0.25, 0.3) is 0 Å². The molecule has 0 fully saturated rings. The van der Waals surface area contributed by atoms with Crippen LogP contribution < -0.4 is 0 Å². The summed E-state index contributed by atoms with van der Waals surface area (Å²) in [5, 5.41) is 9.02. The lowest BCUT2D eigenvalue weighted by Crippen LogP contribution is -1.86. The number of halogens is 3. The summed E-state index contributed by atoms with van der Waals surface area (Å²) in [5.74, 6) is -0.983. The summed E-state index contributed by atoms with van der Waals surface area (Å²) in [5.41, 5.74) is 0.753. The van der Waals surface area contributed by atoms with E-state index in [-0.39, 0.29) is 0 Å². The maximum Gasteiger partial charge on any atom is 0.328 e. The number of carboxylic acid groups (broad SMARTS) is 1. The molecule has 2 nitrogen and oxygen atoms in total. The molecule has 0 unspecified atom stereocenters. The molecule has 5 heteroatoms. The van der Waals surface area contributed by atoms with Crippen molar-refractivity contribution in [1.29, 1.82) is 0 Å². The topological polar surface area (TPSA) is 37.3 Å². The first-order chi connectivity index (χ1) is 6.52. The Morgan fingerprint density at radius 1 is 1.36 bits per heavy atom. The van der Waals surface area contributed by atoms with Crippen LogP contribution in [0.1, 0.15) is 5.56 Å². The summed E-state index contributed by atoms with van der Waals surface area (Å²) in [7, 11) is 0. The fourth-order valence-corrected chi connectivity index (χ4v) is 1.94. The Morgan fingerprint density at radius 3 is 2.57 bits per heavy atom. The molecule has 0 radical (unpaired) electrons. The predicted octanol–water partition coefficient (Wildman–Crippen LogP) is 3.96. The predicted molar refractivity (Wildman–Crippen MR) is 63.5 cm³/mol. The smallest absolute Gasteiger partial charge is 0.328 e. The maximum absolute atomic E-state index is 10.3. The SMILES string of the molecule is O=C(O)/C=C/c1ccc(Cl)c(Br)c1Br. The van der Waals surface area contributed by atoms with Gasteiger partial charge in [-0.05, 0) is 49.6 Å². The van der Waals surface area contributed by atoms with Crippen molar-refractivity contribution in [2.45, 2.75) is 0 Å². The minimum absolute atomic E-state index is 0.573. The Bertz CT molecular complexity index is 402. The highest BCUT2D eigenvalue weighted by molar-refractivity contribution is 9.13. The molecule has 0 aliphatic heterocycles. The van der Waals surface area contributed by atoms with E-state index in [0.717, 1.165) is 16.1 Å². The number of benzene rings is 1. The van der Waals surface area contributed by atoms with E-state index in [1.807, 2.05) is 0 Å². The summed E-state index contributed by atoms with van der Waals surface area (Å²) >= 11 is 12.4. The van der Waals surface area contributed by atoms with Crippen molar-refractivity contribution in [3.8, 4) is 0 Å². The number of hydrogen-bond acceptors (Lipinski definition) is 1. The lowest BCUT2D eigenvalue weighted by molar-refractivity contribution is -0.131. The van der Waals surface area contributed by atoms with Crippen LogP contribution in [-0.2, 0) is 4.79 Å². The zero-order chi connectivity index (χ0) is 10.7. The molecule has 1 rings (SSSR count). The van der Waals surface area contributed by atoms with Crippen LogP contribution in [0.4, 0.5) is 0 Å². The quantitative estimate of drug-likeness (QED) is 0.653. The average molecular weight is 340 g/mol. The van der Waals surface area contributed by atoms with Crippen LogP contribution in [0.5, 0.6) is 0 Å². The molecule has 0 aromatic heterocycles. The van der Waals surface area contributed by atoms with E-state index in [9.17, 15) is 4.79 Å². The van der Waals surface area contributed by atoms with Gasteiger partial charge >= 0.3 is 5.97 Å². The summed E-state index contributed by atoms with van der Waals surface area (Å²) in [4.78, 5) is 10.3. The van der Waals surface area contributed by atoms with E-state index in [2.05, 4.69) is 31.9 Å². The molecule has 0 spiro atoms. The summed E-state index contributed by atoms with van der Waals surface area (Å²) in [6.07, 6.45) is 2.56. The summed E-state index contributed by atoms with van der Waals surface area (Å²) in [6, 6.07) is 3.43. The standard InChI is InChI=1S/C9H5Br2ClO2/c10-8-5(2-4-7(13)14)1-3-6(12)9(8)11/h1-4H,(H,13,14)/b4-2+. The monoisotopic (exact) mass is 338 g/mol. The highest BCUT2D eigenvalue weighted by atomic mass is 79.9. The second-order valence-corrected chi connectivity index (χ2v) is 4.43. The maximum atomic E-state index is 10.3. The zero-order valence-corrected chi connectivity index (χ0v) is 10.7. The molecule has 1 N–H and O–H groups in total. The van der Waals surface area contributed by atoms with Crippen LogP contribution in [0.15, 0.2) is 27.2 Å². The molecule has 0 amide bonds. The molecular formula is C9H5Br2ClO2. The van der Waals surface area contributed by atoms with Crippen molar-refractivity contribution in [2.24, 2.45) is 0 Å². The minimum atomic E-state index is -0.983. The molecule has 0 saturated heterocycles. The van der Waals surface area contributed by atoms with E-state index < -0.39 is 5.97 Å². The van der Waals surface area contributed by atoms with Gasteiger partial charge in [0, 0.05) is 10.5 Å². The fraction of sp³-hybridized carbons (Fsp3) is 0. The molecule has 14 heavy (non-hydrogen) atoms. The lowest BCUT2D eigenvalue weighted by Gasteiger charge is -2.02. The van der Waals surface area contributed by atoms with Crippen LogP contribution >= 0.6 is 43.5 Å². The Hall–Kier alpha value is -0.320. The van der Waals surface area contributed by atoms with Crippen LogP contribution in [0.2, 0.25) is 5.02 Å². The Kier molecular flexibility index (Phi) is 4.16. The molecular weight excluding hydrogens is 335 g/mol. The van der Waals surface area contributed by atoms with Gasteiger partial charge in [-0.2, -0.15) is 0 Å². The van der Waals surface area contributed by atoms with Gasteiger partial charge in [-0.3, -0.25) is 0 Å². The molecule has 0 saturated carbocycles. The molecule has 0 bridgehead atoms. The van der Waals surface area contributed by atoms with Gasteiger partial charge in [0.05, 0.1) is 9.50 Å². The summed E-state index contributed by atoms with van der Waals surface area (Å²) < 4.78 is 1.45. The molecule has 1 aromatic rings. The van der Waals surface area contributed by atoms with Gasteiger partial charge < -0.3 is 5.11 Å². The van der Waals surface area contributed by atoms with Crippen LogP contribution in [0.25, 0.3) is 6.08 Å². The first kappa shape index (κ1) is 11.8. The van der Waals surface area contributed by atoms with Gasteiger partial charge in [-0.15, -0.1) is 0 Å². The van der Waals surface area contributed by atoms with Crippen molar-refractivity contribution in [2.75, 3.05) is 0 Å². The lowest BCUT2D eigenvalue weighted by atomic mass is 10.2. The second kappa shape index (κ2) is 4.96. The van der Waals surface area contributed by atoms with Crippen molar-refractivity contribution in [3.63, 3.8) is 0 Å². The number of rotatable bonds is 2. The minimum Gasteiger partial charge on any atom is -0.478 e. The number of aliphatic carboxylic acids is 1. The largest absolute Gasteiger partial charge is 0.478 e. The Labute approximate surface area is 103 Å². The Morgan fingerprint density at radius 2 is 2.00 bits per heavy atom. The highest BCUT2D eigenvalue weighted by Gasteiger charge is 2.05. The fourth-order valence-electron chi connectivity index (χ4n) is 0.831. The van der Waals surface area contributed by atoms with E-state index >= 15 is 0 Å². The molecule has 0 heterocycles. The van der Waals surface area contributed by atoms with Gasteiger partial charge in [0.15, 0.2) is 0 Å². The normalized spacial score (nSPS) is 10.8. The van der Waals surface area contributed by atoms with Crippen molar-refractivity contribution < 1.29 is 9.90 Å². The molecule has 0 aliphatic carbocycles. The zero-order valence-electron chi connectivity index (χ0n) is 6.80. The highest BCUT2D eigenvalue weighted by Crippen LogP contribution is 2.33. The molecule has 1 aromatic carbocycles. The van der Waals surface area contributed by atoms with Crippen LogP contribution in [-0.4, -0.2) is 11.1 Å². The van der Waals surface area contributed by atoms with Crippen molar-refractivity contribution >= 4 is 55.5 Å². The number of carboxylic acids is 1. The molecule has 0 aliphatic rings. The van der Waals surface area contributed by atoms with Crippen molar-refractivity contribution in [1.82, 2.24) is 0 Å². The van der Waals surface area contributed by atoms with E-state index in [1.165, 1.54) is 6.08 Å². The molecule has 0 atom stereocenters. The summed E-state index contributed by atoms with van der Waals surface area (Å²) in [6.45, 7) is 0. The van der Waals surface area contributed by atoms with Gasteiger partial charge in [-0.25, -0.2) is 4.79 Å². The first-order valence-electron chi connectivity index (χ1n) is 3.57. The van der Waals surface area contributed by atoms with Crippen LogP contribution in [0, 0.1) is 0 Å². The van der Waals surface area contributed by atoms with E-state index in [0.29, 0.717) is 9.50 Å². The van der Waals surface area contributed by atoms with E-state index in [4.69, 9.17) is 16.7 Å². The Balaban J connectivity index is 3.12. The van der Waals surface area contributed by atoms with E-state index in [1.54, 1.807) is 12.1 Å². The number of hydrogen-bond donors (Lipinski definition) is 1. The third-order valence-electron chi connectivity index (χ3n) is 1.47. The van der Waals surface area contributed by atoms with Gasteiger partial charge in [0.2, 0.25) is 0 Å². The number of carbonyl (C=O) groups is 1. The third-order valence-corrected chi connectivity index (χ3v) is 4.22. The first-order valence-corrected chi connectivity index (χ1v) is 5.53. The molecule has 74 valence electrons. The van der Waals surface area contributed by atoms with Crippen LogP contribution in [0.3, 0.4) is 0 Å². The second-order valence-electron chi connectivity index (χ2n) is 2.44.